The summed E-state index contributed by atoms with van der Waals surface area (Å²) in [4.78, 5) is 23.4. The van der Waals surface area contributed by atoms with E-state index < -0.39 is 39.8 Å². The van der Waals surface area contributed by atoms with Crippen LogP contribution in [0.4, 0.5) is 8.78 Å². The van der Waals surface area contributed by atoms with Crippen LogP contribution in [0.2, 0.25) is 0 Å². The number of carbonyl (C=O) groups is 2. The molecular weight excluding hydrogens is 350 g/mol. The summed E-state index contributed by atoms with van der Waals surface area (Å²) in [7, 11) is -5.89. The van der Waals surface area contributed by atoms with E-state index in [0.717, 1.165) is 0 Å². The van der Waals surface area contributed by atoms with Gasteiger partial charge in [-0.2, -0.15) is 8.78 Å². The van der Waals surface area contributed by atoms with Crippen molar-refractivity contribution in [2.75, 3.05) is 6.61 Å². The Kier molecular flexibility index (Phi) is 5.01. The zero-order valence-corrected chi connectivity index (χ0v) is 13.7. The van der Waals surface area contributed by atoms with E-state index in [1.807, 2.05) is 0 Å². The number of alkyl halides is 2. The largest absolute Gasteiger partial charge is 0.743 e. The fourth-order valence-corrected chi connectivity index (χ4v) is 3.43. The molecule has 4 atom stereocenters. The van der Waals surface area contributed by atoms with Gasteiger partial charge in [-0.3, -0.25) is 4.79 Å². The molecule has 2 saturated carbocycles. The zero-order chi connectivity index (χ0) is 18.3. The maximum absolute atomic E-state index is 13.0. The Balaban J connectivity index is 1.88. The van der Waals surface area contributed by atoms with Crippen LogP contribution in [0.15, 0.2) is 12.2 Å². The van der Waals surface area contributed by atoms with Crippen molar-refractivity contribution in [2.45, 2.75) is 37.5 Å². The lowest BCUT2D eigenvalue weighted by molar-refractivity contribution is -0.158. The van der Waals surface area contributed by atoms with Gasteiger partial charge in [-0.05, 0) is 38.0 Å². The molecule has 0 amide bonds. The van der Waals surface area contributed by atoms with E-state index in [1.54, 1.807) is 0 Å². The Bertz CT molecular complexity index is 658. The van der Waals surface area contributed by atoms with Crippen LogP contribution in [0.25, 0.3) is 0 Å². The fraction of sp³-hybridized carbons (Fsp3) is 0.714. The van der Waals surface area contributed by atoms with Gasteiger partial charge in [0.2, 0.25) is 0 Å². The summed E-state index contributed by atoms with van der Waals surface area (Å²) in [6, 6.07) is 0. The van der Waals surface area contributed by atoms with E-state index in [1.165, 1.54) is 6.92 Å². The van der Waals surface area contributed by atoms with Crippen LogP contribution in [-0.2, 0) is 29.2 Å². The van der Waals surface area contributed by atoms with Crippen LogP contribution in [0.5, 0.6) is 0 Å². The quantitative estimate of drug-likeness (QED) is 0.394. The van der Waals surface area contributed by atoms with E-state index in [-0.39, 0.29) is 23.5 Å². The van der Waals surface area contributed by atoms with Gasteiger partial charge < -0.3 is 14.0 Å². The van der Waals surface area contributed by atoms with Crippen molar-refractivity contribution < 1.29 is 40.8 Å². The van der Waals surface area contributed by atoms with Crippen LogP contribution in [0.3, 0.4) is 0 Å². The molecule has 0 spiro atoms. The van der Waals surface area contributed by atoms with Crippen molar-refractivity contribution in [3.8, 4) is 0 Å². The molecule has 0 aliphatic heterocycles. The number of hydrogen-bond donors (Lipinski definition) is 0. The maximum Gasteiger partial charge on any atom is 0.367 e. The van der Waals surface area contributed by atoms with Crippen molar-refractivity contribution in [3.05, 3.63) is 12.2 Å². The number of hydrogen-bond acceptors (Lipinski definition) is 7. The molecule has 2 fully saturated rings. The van der Waals surface area contributed by atoms with Gasteiger partial charge in [0, 0.05) is 5.57 Å². The summed E-state index contributed by atoms with van der Waals surface area (Å²) >= 11 is 0. The molecule has 0 heterocycles. The first-order valence-electron chi connectivity index (χ1n) is 7.28. The molecule has 0 N–H and O–H groups in total. The molecule has 24 heavy (non-hydrogen) atoms. The highest BCUT2D eigenvalue weighted by atomic mass is 32.2. The van der Waals surface area contributed by atoms with Crippen LogP contribution in [-0.4, -0.2) is 42.9 Å². The van der Waals surface area contributed by atoms with E-state index in [2.05, 4.69) is 11.3 Å². The smallest absolute Gasteiger partial charge is 0.367 e. The monoisotopic (exact) mass is 367 g/mol. The Hall–Kier alpha value is -1.55. The summed E-state index contributed by atoms with van der Waals surface area (Å²) in [5.41, 5.74) is 0.259. The number of ether oxygens (including phenoxy) is 2. The summed E-state index contributed by atoms with van der Waals surface area (Å²) in [6.45, 7) is 3.20. The lowest BCUT2D eigenvalue weighted by Crippen LogP contribution is -2.37. The minimum Gasteiger partial charge on any atom is -0.743 e. The average molecular weight is 367 g/mol. The lowest BCUT2D eigenvalue weighted by atomic mass is 9.87. The standard InChI is InChI=1S/C14H18F2O7S/c1-7(2)12(17)23-11-5-8-3-9(11)4-10(8)13(18)22-6-14(15,16)24(19,20)21/h8-11H,1,3-6H2,2H3,(H,19,20,21)/p-1. The number of fused-ring (bicyclic) bond motifs is 2. The van der Waals surface area contributed by atoms with Crippen molar-refractivity contribution in [1.29, 1.82) is 0 Å². The third-order valence-electron chi connectivity index (χ3n) is 4.45. The van der Waals surface area contributed by atoms with Crippen molar-refractivity contribution in [3.63, 3.8) is 0 Å². The van der Waals surface area contributed by atoms with Gasteiger partial charge >= 0.3 is 17.2 Å². The van der Waals surface area contributed by atoms with Crippen LogP contribution in [0, 0.1) is 17.8 Å². The van der Waals surface area contributed by atoms with Crippen molar-refractivity contribution >= 4 is 22.1 Å². The van der Waals surface area contributed by atoms with E-state index >= 15 is 0 Å². The molecule has 2 bridgehead atoms. The Morgan fingerprint density at radius 3 is 2.33 bits per heavy atom. The molecule has 0 aromatic rings. The topological polar surface area (TPSA) is 110 Å². The van der Waals surface area contributed by atoms with E-state index in [9.17, 15) is 31.3 Å². The molecule has 2 aliphatic carbocycles. The Labute approximate surface area is 137 Å². The third-order valence-corrected chi connectivity index (χ3v) is 5.30. The SMILES string of the molecule is C=C(C)C(=O)OC1CC2CC1CC2C(=O)OCC(F)(F)S(=O)(=O)[O-]. The average Bonchev–Trinajstić information content (AvgIpc) is 3.03. The highest BCUT2D eigenvalue weighted by Gasteiger charge is 2.51. The molecule has 7 nitrogen and oxygen atoms in total. The second-order valence-electron chi connectivity index (χ2n) is 6.26. The molecular formula is C14H17F2O7S-. The second kappa shape index (κ2) is 6.40. The van der Waals surface area contributed by atoms with Crippen molar-refractivity contribution in [2.24, 2.45) is 17.8 Å². The van der Waals surface area contributed by atoms with Gasteiger partial charge in [0.1, 0.15) is 6.10 Å². The lowest BCUT2D eigenvalue weighted by Gasteiger charge is -2.27. The van der Waals surface area contributed by atoms with Crippen LogP contribution < -0.4 is 0 Å². The summed E-state index contributed by atoms with van der Waals surface area (Å²) < 4.78 is 66.7. The molecule has 0 radical (unpaired) electrons. The van der Waals surface area contributed by atoms with Gasteiger partial charge in [0.25, 0.3) is 0 Å². The molecule has 4 unspecified atom stereocenters. The Morgan fingerprint density at radius 2 is 1.88 bits per heavy atom. The highest BCUT2D eigenvalue weighted by molar-refractivity contribution is 7.86. The number of rotatable bonds is 6. The first-order chi connectivity index (χ1) is 10.9. The minimum absolute atomic E-state index is 0.0837. The van der Waals surface area contributed by atoms with Crippen molar-refractivity contribution in [1.82, 2.24) is 0 Å². The van der Waals surface area contributed by atoms with Gasteiger partial charge in [0.15, 0.2) is 16.7 Å². The van der Waals surface area contributed by atoms with Gasteiger partial charge in [-0.15, -0.1) is 0 Å². The predicted octanol–water partition coefficient (Wildman–Crippen LogP) is 1.20. The first-order valence-corrected chi connectivity index (χ1v) is 8.69. The fourth-order valence-electron chi connectivity index (χ4n) is 3.23. The van der Waals surface area contributed by atoms with Crippen LogP contribution >= 0.6 is 0 Å². The first kappa shape index (κ1) is 18.8. The van der Waals surface area contributed by atoms with Gasteiger partial charge in [0.05, 0.1) is 5.92 Å². The van der Waals surface area contributed by atoms with Crippen LogP contribution in [0.1, 0.15) is 26.2 Å². The molecule has 0 aromatic carbocycles. The maximum atomic E-state index is 13.0. The number of halogens is 2. The van der Waals surface area contributed by atoms with Gasteiger partial charge in [-0.25, -0.2) is 13.2 Å². The van der Waals surface area contributed by atoms with E-state index in [4.69, 9.17) is 4.74 Å². The zero-order valence-electron chi connectivity index (χ0n) is 12.9. The summed E-state index contributed by atoms with van der Waals surface area (Å²) in [5.74, 6) is -2.43. The predicted molar refractivity (Wildman–Crippen MR) is 74.6 cm³/mol. The Morgan fingerprint density at radius 1 is 1.25 bits per heavy atom. The third kappa shape index (κ3) is 3.75. The number of esters is 2. The minimum atomic E-state index is -5.89. The molecule has 10 heteroatoms. The molecule has 136 valence electrons. The molecule has 0 saturated heterocycles. The van der Waals surface area contributed by atoms with Gasteiger partial charge in [-0.1, -0.05) is 6.58 Å². The number of carbonyl (C=O) groups excluding carboxylic acids is 2. The summed E-state index contributed by atoms with van der Waals surface area (Å²) in [5, 5.41) is -4.65. The normalized spacial score (nSPS) is 29.3. The molecule has 2 rings (SSSR count). The molecule has 2 aliphatic rings. The highest BCUT2D eigenvalue weighted by Crippen LogP contribution is 2.50. The summed E-state index contributed by atoms with van der Waals surface area (Å²) in [6.07, 6.45) is 0.934. The second-order valence-corrected chi connectivity index (χ2v) is 7.76. The molecule has 0 aromatic heterocycles. The van der Waals surface area contributed by atoms with E-state index in [0.29, 0.717) is 19.3 Å².